The second kappa shape index (κ2) is 9.78. The van der Waals surface area contributed by atoms with E-state index in [1.165, 1.54) is 0 Å². The Morgan fingerprint density at radius 1 is 1.21 bits per heavy atom. The van der Waals surface area contributed by atoms with E-state index in [1.54, 1.807) is 20.3 Å². The van der Waals surface area contributed by atoms with Gasteiger partial charge in [0.15, 0.2) is 11.5 Å². The molecule has 1 aromatic carbocycles. The average Bonchev–Trinajstić information content (AvgIpc) is 3.15. The topological polar surface area (TPSA) is 92.8 Å². The lowest BCUT2D eigenvalue weighted by molar-refractivity contribution is 0.0398. The summed E-state index contributed by atoms with van der Waals surface area (Å²) in [4.78, 5) is 6.52. The third kappa shape index (κ3) is 5.03. The molecule has 0 unspecified atom stereocenters. The maximum Gasteiger partial charge on any atom is 0.232 e. The number of methoxy groups -OCH3 is 2. The number of nitriles is 1. The first-order chi connectivity index (χ1) is 13.7. The average molecular weight is 384 g/mol. The Bertz CT molecular complexity index is 850. The van der Waals surface area contributed by atoms with Gasteiger partial charge < -0.3 is 23.9 Å². The van der Waals surface area contributed by atoms with Gasteiger partial charge in [-0.25, -0.2) is 0 Å². The smallest absolute Gasteiger partial charge is 0.232 e. The summed E-state index contributed by atoms with van der Waals surface area (Å²) in [7, 11) is 3.19. The number of ether oxygens (including phenoxy) is 3. The molecule has 0 radical (unpaired) electrons. The van der Waals surface area contributed by atoms with Crippen LogP contribution < -0.4 is 14.8 Å². The van der Waals surface area contributed by atoms with Crippen LogP contribution in [0.1, 0.15) is 17.1 Å². The van der Waals surface area contributed by atoms with Crippen LogP contribution in [0, 0.1) is 11.3 Å². The predicted octanol–water partition coefficient (Wildman–Crippen LogP) is 2.48. The zero-order valence-electron chi connectivity index (χ0n) is 16.1. The molecule has 2 aromatic rings. The molecule has 148 valence electrons. The minimum Gasteiger partial charge on any atom is -0.493 e. The van der Waals surface area contributed by atoms with Gasteiger partial charge in [0.25, 0.3) is 0 Å². The number of hydrogen-bond acceptors (Lipinski definition) is 8. The van der Waals surface area contributed by atoms with Crippen LogP contribution in [0.25, 0.3) is 12.2 Å². The van der Waals surface area contributed by atoms with Crippen LogP contribution in [0.2, 0.25) is 0 Å². The highest BCUT2D eigenvalue weighted by Crippen LogP contribution is 2.28. The second-order valence-corrected chi connectivity index (χ2v) is 6.17. The molecular weight excluding hydrogens is 360 g/mol. The third-order valence-electron chi connectivity index (χ3n) is 4.39. The Balaban J connectivity index is 1.63. The molecule has 1 aromatic heterocycles. The van der Waals surface area contributed by atoms with Crippen molar-refractivity contribution in [2.24, 2.45) is 0 Å². The SMILES string of the molecule is COc1ccc(C=Cc2nc(C#N)c(NCCN3CCOCC3)o2)cc1OC. The van der Waals surface area contributed by atoms with Crippen LogP contribution in [0.3, 0.4) is 0 Å². The van der Waals surface area contributed by atoms with E-state index in [-0.39, 0.29) is 5.69 Å². The van der Waals surface area contributed by atoms with E-state index >= 15 is 0 Å². The Labute approximate surface area is 164 Å². The summed E-state index contributed by atoms with van der Waals surface area (Å²) in [5, 5.41) is 12.5. The molecule has 1 N–H and O–H groups in total. The van der Waals surface area contributed by atoms with Crippen LogP contribution in [0.4, 0.5) is 5.88 Å². The molecular formula is C20H24N4O4. The summed E-state index contributed by atoms with van der Waals surface area (Å²) in [5.41, 5.74) is 1.14. The van der Waals surface area contributed by atoms with E-state index in [2.05, 4.69) is 21.3 Å². The summed E-state index contributed by atoms with van der Waals surface area (Å²) in [6.07, 6.45) is 3.56. The van der Waals surface area contributed by atoms with Crippen molar-refractivity contribution in [2.45, 2.75) is 0 Å². The molecule has 0 amide bonds. The van der Waals surface area contributed by atoms with E-state index in [1.807, 2.05) is 24.3 Å². The molecule has 1 saturated heterocycles. The van der Waals surface area contributed by atoms with E-state index in [9.17, 15) is 5.26 Å². The number of morpholine rings is 1. The normalized spacial score (nSPS) is 14.8. The Morgan fingerprint density at radius 3 is 2.71 bits per heavy atom. The third-order valence-corrected chi connectivity index (χ3v) is 4.39. The van der Waals surface area contributed by atoms with Crippen molar-refractivity contribution in [1.29, 1.82) is 5.26 Å². The van der Waals surface area contributed by atoms with Gasteiger partial charge >= 0.3 is 0 Å². The van der Waals surface area contributed by atoms with Gasteiger partial charge in [0.05, 0.1) is 27.4 Å². The molecule has 0 atom stereocenters. The molecule has 3 rings (SSSR count). The fraction of sp³-hybridized carbons (Fsp3) is 0.400. The summed E-state index contributed by atoms with van der Waals surface area (Å²) in [6.45, 7) is 4.88. The van der Waals surface area contributed by atoms with Crippen LogP contribution >= 0.6 is 0 Å². The molecule has 0 spiro atoms. The Morgan fingerprint density at radius 2 is 2.00 bits per heavy atom. The fourth-order valence-electron chi connectivity index (χ4n) is 2.88. The van der Waals surface area contributed by atoms with Gasteiger partial charge in [-0.3, -0.25) is 4.90 Å². The zero-order valence-corrected chi connectivity index (χ0v) is 16.1. The molecule has 0 aliphatic carbocycles. The quantitative estimate of drug-likeness (QED) is 0.742. The van der Waals surface area contributed by atoms with Gasteiger partial charge in [0, 0.05) is 32.3 Å². The molecule has 0 saturated carbocycles. The molecule has 1 fully saturated rings. The van der Waals surface area contributed by atoms with Crippen LogP contribution in [-0.2, 0) is 4.74 Å². The van der Waals surface area contributed by atoms with E-state index in [0.717, 1.165) is 38.4 Å². The van der Waals surface area contributed by atoms with Gasteiger partial charge in [-0.1, -0.05) is 6.07 Å². The predicted molar refractivity (Wildman–Crippen MR) is 105 cm³/mol. The highest BCUT2D eigenvalue weighted by molar-refractivity contribution is 5.68. The Kier molecular flexibility index (Phi) is 6.89. The number of oxazole rings is 1. The number of aromatic nitrogens is 1. The van der Waals surface area contributed by atoms with E-state index in [0.29, 0.717) is 29.8 Å². The Hall–Kier alpha value is -3.02. The van der Waals surface area contributed by atoms with Crippen molar-refractivity contribution in [1.82, 2.24) is 9.88 Å². The van der Waals surface area contributed by atoms with Crippen molar-refractivity contribution >= 4 is 18.0 Å². The lowest BCUT2D eigenvalue weighted by Gasteiger charge is -2.26. The van der Waals surface area contributed by atoms with Crippen LogP contribution in [0.5, 0.6) is 11.5 Å². The lowest BCUT2D eigenvalue weighted by Crippen LogP contribution is -2.39. The second-order valence-electron chi connectivity index (χ2n) is 6.17. The van der Waals surface area contributed by atoms with Gasteiger partial charge in [0.2, 0.25) is 17.5 Å². The highest BCUT2D eigenvalue weighted by atomic mass is 16.5. The zero-order chi connectivity index (χ0) is 19.8. The molecule has 2 heterocycles. The minimum absolute atomic E-state index is 0.244. The van der Waals surface area contributed by atoms with Crippen LogP contribution in [0.15, 0.2) is 22.6 Å². The molecule has 8 heteroatoms. The number of anilines is 1. The largest absolute Gasteiger partial charge is 0.493 e. The van der Waals surface area contributed by atoms with Gasteiger partial charge in [-0.05, 0) is 23.8 Å². The fourth-order valence-corrected chi connectivity index (χ4v) is 2.88. The maximum absolute atomic E-state index is 9.30. The molecule has 28 heavy (non-hydrogen) atoms. The standard InChI is InChI=1S/C20H24N4O4/c1-25-17-5-3-15(13-18(17)26-2)4-6-19-23-16(14-21)20(28-19)22-7-8-24-9-11-27-12-10-24/h3-6,13,22H,7-12H2,1-2H3. The lowest BCUT2D eigenvalue weighted by atomic mass is 10.2. The van der Waals surface area contributed by atoms with Gasteiger partial charge in [-0.2, -0.15) is 10.2 Å². The van der Waals surface area contributed by atoms with E-state index in [4.69, 9.17) is 18.6 Å². The number of nitrogens with zero attached hydrogens (tertiary/aromatic N) is 3. The summed E-state index contributed by atoms with van der Waals surface area (Å²) >= 11 is 0. The number of rotatable bonds is 8. The summed E-state index contributed by atoms with van der Waals surface area (Å²) in [5.74, 6) is 2.05. The monoisotopic (exact) mass is 384 g/mol. The van der Waals surface area contributed by atoms with Crippen molar-refractivity contribution in [2.75, 3.05) is 58.9 Å². The molecule has 1 aliphatic heterocycles. The van der Waals surface area contributed by atoms with Crippen molar-refractivity contribution < 1.29 is 18.6 Å². The van der Waals surface area contributed by atoms with Crippen molar-refractivity contribution in [3.63, 3.8) is 0 Å². The van der Waals surface area contributed by atoms with Gasteiger partial charge in [0.1, 0.15) is 6.07 Å². The minimum atomic E-state index is 0.244. The van der Waals surface area contributed by atoms with Crippen molar-refractivity contribution in [3.8, 4) is 17.6 Å². The number of benzene rings is 1. The maximum atomic E-state index is 9.30. The van der Waals surface area contributed by atoms with E-state index < -0.39 is 0 Å². The van der Waals surface area contributed by atoms with Crippen LogP contribution in [-0.4, -0.2) is 63.5 Å². The molecule has 0 bridgehead atoms. The highest BCUT2D eigenvalue weighted by Gasteiger charge is 2.13. The molecule has 8 nitrogen and oxygen atoms in total. The number of hydrogen-bond donors (Lipinski definition) is 1. The summed E-state index contributed by atoms with van der Waals surface area (Å²) < 4.78 is 21.6. The number of nitrogens with one attached hydrogen (secondary N) is 1. The first-order valence-corrected chi connectivity index (χ1v) is 9.08. The van der Waals surface area contributed by atoms with Crippen molar-refractivity contribution in [3.05, 3.63) is 35.3 Å². The molecule has 1 aliphatic rings. The van der Waals surface area contributed by atoms with Gasteiger partial charge in [-0.15, -0.1) is 0 Å². The first-order valence-electron chi connectivity index (χ1n) is 9.08. The first kappa shape index (κ1) is 19.7. The summed E-state index contributed by atoms with van der Waals surface area (Å²) in [6, 6.07) is 7.64.